The molecular weight excluding hydrogens is 447 g/mol. The molecule has 1 heterocycles. The number of fused-ring (bicyclic) bond motifs is 1. The lowest BCUT2D eigenvalue weighted by Crippen LogP contribution is -2.23. The number of rotatable bonds is 6. The van der Waals surface area contributed by atoms with E-state index in [1.165, 1.54) is 0 Å². The minimum absolute atomic E-state index is 0.331. The second kappa shape index (κ2) is 9.07. The second-order valence-corrected chi connectivity index (χ2v) is 8.16. The zero-order valence-corrected chi connectivity index (χ0v) is 19.0. The molecule has 4 aromatic rings. The van der Waals surface area contributed by atoms with Crippen LogP contribution in [-0.4, -0.2) is 23.4 Å². The first-order valence-corrected chi connectivity index (χ1v) is 10.7. The molecule has 3 aromatic carbocycles. The van der Waals surface area contributed by atoms with Crippen LogP contribution >= 0.6 is 23.2 Å². The fraction of sp³-hybridized carbons (Fsp3) is 0.120. The normalized spacial score (nSPS) is 10.9. The maximum atomic E-state index is 13.3. The zero-order chi connectivity index (χ0) is 22.8. The van der Waals surface area contributed by atoms with E-state index < -0.39 is 11.7 Å². The molecule has 0 aliphatic rings. The van der Waals surface area contributed by atoms with Crippen molar-refractivity contribution in [2.24, 2.45) is 0 Å². The Morgan fingerprint density at radius 3 is 2.44 bits per heavy atom. The highest BCUT2D eigenvalue weighted by Gasteiger charge is 2.26. The van der Waals surface area contributed by atoms with Crippen LogP contribution in [0.4, 0.5) is 5.69 Å². The van der Waals surface area contributed by atoms with E-state index in [4.69, 9.17) is 27.9 Å². The van der Waals surface area contributed by atoms with Crippen LogP contribution in [0.1, 0.15) is 21.6 Å². The van der Waals surface area contributed by atoms with Crippen LogP contribution in [0.3, 0.4) is 0 Å². The number of benzene rings is 3. The standard InChI is InChI=1S/C25H20Cl2N2O3/c1-15-23(24(30)25(31)28-18-6-4-3-5-7-18)20-13-19(32-2)10-11-22(20)29(15)14-16-8-9-17(26)12-21(16)27/h3-13H,14H2,1-2H3,(H,28,31). The lowest BCUT2D eigenvalue weighted by Gasteiger charge is -2.11. The summed E-state index contributed by atoms with van der Waals surface area (Å²) in [6.45, 7) is 2.23. The van der Waals surface area contributed by atoms with Crippen molar-refractivity contribution in [2.75, 3.05) is 12.4 Å². The predicted molar refractivity (Wildman–Crippen MR) is 128 cm³/mol. The number of aromatic nitrogens is 1. The molecule has 0 atom stereocenters. The van der Waals surface area contributed by atoms with Crippen LogP contribution in [0.5, 0.6) is 5.75 Å². The van der Waals surface area contributed by atoms with E-state index >= 15 is 0 Å². The second-order valence-electron chi connectivity index (χ2n) is 7.31. The molecule has 0 saturated carbocycles. The molecule has 0 bridgehead atoms. The van der Waals surface area contributed by atoms with Gasteiger partial charge in [0.15, 0.2) is 0 Å². The molecular formula is C25H20Cl2N2O3. The van der Waals surface area contributed by atoms with E-state index in [0.717, 1.165) is 11.1 Å². The Morgan fingerprint density at radius 1 is 1.00 bits per heavy atom. The summed E-state index contributed by atoms with van der Waals surface area (Å²) in [5.74, 6) is -0.729. The molecule has 0 spiro atoms. The summed E-state index contributed by atoms with van der Waals surface area (Å²) in [6, 6.07) is 19.6. The molecule has 0 saturated heterocycles. The van der Waals surface area contributed by atoms with Crippen LogP contribution in [0.2, 0.25) is 10.0 Å². The highest BCUT2D eigenvalue weighted by Crippen LogP contribution is 2.32. The van der Waals surface area contributed by atoms with E-state index in [0.29, 0.717) is 44.7 Å². The third kappa shape index (κ3) is 4.22. The van der Waals surface area contributed by atoms with E-state index in [9.17, 15) is 9.59 Å². The Hall–Kier alpha value is -3.28. The molecule has 7 heteroatoms. The van der Waals surface area contributed by atoms with Gasteiger partial charge in [0.25, 0.3) is 11.7 Å². The number of nitrogens with one attached hydrogen (secondary N) is 1. The highest BCUT2D eigenvalue weighted by atomic mass is 35.5. The number of ether oxygens (including phenoxy) is 1. The lowest BCUT2D eigenvalue weighted by molar-refractivity contribution is -0.112. The van der Waals surface area contributed by atoms with Gasteiger partial charge in [-0.3, -0.25) is 9.59 Å². The largest absolute Gasteiger partial charge is 0.497 e. The number of ketones is 1. The number of Topliss-reactive ketones (excluding diaryl/α,β-unsaturated/α-hetero) is 1. The smallest absolute Gasteiger partial charge is 0.296 e. The van der Waals surface area contributed by atoms with Crippen molar-refractivity contribution in [3.05, 3.63) is 93.6 Å². The maximum absolute atomic E-state index is 13.3. The zero-order valence-electron chi connectivity index (χ0n) is 17.5. The van der Waals surface area contributed by atoms with Gasteiger partial charge in [-0.1, -0.05) is 47.5 Å². The third-order valence-corrected chi connectivity index (χ3v) is 5.93. The number of carbonyl (C=O) groups excluding carboxylic acids is 2. The number of para-hydroxylation sites is 1. The monoisotopic (exact) mass is 466 g/mol. The Morgan fingerprint density at radius 2 is 1.75 bits per heavy atom. The van der Waals surface area contributed by atoms with Crippen molar-refractivity contribution in [1.29, 1.82) is 0 Å². The van der Waals surface area contributed by atoms with Gasteiger partial charge >= 0.3 is 0 Å². The van der Waals surface area contributed by atoms with Crippen LogP contribution in [0, 0.1) is 6.92 Å². The van der Waals surface area contributed by atoms with Gasteiger partial charge in [0, 0.05) is 38.9 Å². The molecule has 0 unspecified atom stereocenters. The third-order valence-electron chi connectivity index (χ3n) is 5.34. The number of amides is 1. The molecule has 1 amide bonds. The summed E-state index contributed by atoms with van der Waals surface area (Å²) >= 11 is 12.4. The molecule has 0 aliphatic heterocycles. The average Bonchev–Trinajstić information content (AvgIpc) is 3.06. The van der Waals surface area contributed by atoms with Gasteiger partial charge in [-0.2, -0.15) is 0 Å². The fourth-order valence-corrected chi connectivity index (χ4v) is 4.19. The number of carbonyl (C=O) groups is 2. The first-order chi connectivity index (χ1) is 15.4. The van der Waals surface area contributed by atoms with Gasteiger partial charge < -0.3 is 14.6 Å². The highest BCUT2D eigenvalue weighted by molar-refractivity contribution is 6.48. The predicted octanol–water partition coefficient (Wildman–Crippen LogP) is 6.13. The Balaban J connectivity index is 1.80. The molecule has 0 fully saturated rings. The van der Waals surface area contributed by atoms with Gasteiger partial charge in [0.05, 0.1) is 12.7 Å². The molecule has 1 N–H and O–H groups in total. The maximum Gasteiger partial charge on any atom is 0.296 e. The number of hydrogen-bond acceptors (Lipinski definition) is 3. The Labute approximate surface area is 195 Å². The molecule has 0 aliphatic carbocycles. The summed E-state index contributed by atoms with van der Waals surface area (Å²) in [5.41, 5.74) is 3.19. The van der Waals surface area contributed by atoms with Crippen molar-refractivity contribution in [3.63, 3.8) is 0 Å². The van der Waals surface area contributed by atoms with Crippen LogP contribution in [-0.2, 0) is 11.3 Å². The molecule has 0 radical (unpaired) electrons. The van der Waals surface area contributed by atoms with Crippen molar-refractivity contribution < 1.29 is 14.3 Å². The summed E-state index contributed by atoms with van der Waals surface area (Å²) in [4.78, 5) is 26.0. The van der Waals surface area contributed by atoms with Crippen LogP contribution in [0.25, 0.3) is 10.9 Å². The number of methoxy groups -OCH3 is 1. The summed E-state index contributed by atoms with van der Waals surface area (Å²) in [5, 5.41) is 4.39. The van der Waals surface area contributed by atoms with Crippen molar-refractivity contribution in [2.45, 2.75) is 13.5 Å². The van der Waals surface area contributed by atoms with Gasteiger partial charge in [-0.05, 0) is 55.0 Å². The van der Waals surface area contributed by atoms with Crippen LogP contribution in [0.15, 0.2) is 66.7 Å². The van der Waals surface area contributed by atoms with Gasteiger partial charge in [-0.25, -0.2) is 0 Å². The van der Waals surface area contributed by atoms with E-state index in [2.05, 4.69) is 5.32 Å². The summed E-state index contributed by atoms with van der Waals surface area (Å²) in [7, 11) is 1.56. The number of anilines is 1. The minimum Gasteiger partial charge on any atom is -0.497 e. The van der Waals surface area contributed by atoms with E-state index in [1.54, 1.807) is 49.6 Å². The van der Waals surface area contributed by atoms with E-state index in [-0.39, 0.29) is 0 Å². The first-order valence-electron chi connectivity index (χ1n) is 9.90. The number of halogens is 2. The molecule has 4 rings (SSSR count). The fourth-order valence-electron chi connectivity index (χ4n) is 3.72. The van der Waals surface area contributed by atoms with Crippen molar-refractivity contribution >= 4 is 51.5 Å². The van der Waals surface area contributed by atoms with Crippen molar-refractivity contribution in [1.82, 2.24) is 4.57 Å². The average molecular weight is 467 g/mol. The molecule has 32 heavy (non-hydrogen) atoms. The van der Waals surface area contributed by atoms with Gasteiger partial charge in [0.2, 0.25) is 0 Å². The molecule has 162 valence electrons. The topological polar surface area (TPSA) is 60.3 Å². The number of nitrogens with zero attached hydrogens (tertiary/aromatic N) is 1. The van der Waals surface area contributed by atoms with Crippen LogP contribution < -0.4 is 10.1 Å². The Bertz CT molecular complexity index is 1330. The first kappa shape index (κ1) is 21.9. The SMILES string of the molecule is COc1ccc2c(c1)c(C(=O)C(=O)Nc1ccccc1)c(C)n2Cc1ccc(Cl)cc1Cl. The van der Waals surface area contributed by atoms with E-state index in [1.807, 2.05) is 35.8 Å². The molecule has 1 aromatic heterocycles. The molecule has 5 nitrogen and oxygen atoms in total. The Kier molecular flexibility index (Phi) is 6.21. The van der Waals surface area contributed by atoms with Crippen molar-refractivity contribution in [3.8, 4) is 5.75 Å². The quantitative estimate of drug-likeness (QED) is 0.274. The lowest BCUT2D eigenvalue weighted by atomic mass is 10.1. The minimum atomic E-state index is -0.703. The van der Waals surface area contributed by atoms with Gasteiger partial charge in [0.1, 0.15) is 5.75 Å². The van der Waals surface area contributed by atoms with Gasteiger partial charge in [-0.15, -0.1) is 0 Å². The summed E-state index contributed by atoms with van der Waals surface area (Å²) in [6.07, 6.45) is 0. The summed E-state index contributed by atoms with van der Waals surface area (Å²) < 4.78 is 7.32. The number of hydrogen-bond donors (Lipinski definition) is 1.